The van der Waals surface area contributed by atoms with E-state index in [2.05, 4.69) is 50.5 Å². The van der Waals surface area contributed by atoms with Crippen molar-refractivity contribution in [3.05, 3.63) is 42.6 Å². The third kappa shape index (κ3) is 6.28. The van der Waals surface area contributed by atoms with E-state index in [0.717, 1.165) is 66.2 Å². The van der Waals surface area contributed by atoms with Gasteiger partial charge in [0.05, 0.1) is 18.2 Å². The number of hydrogen-bond acceptors (Lipinski definition) is 8. The minimum atomic E-state index is 0.156. The van der Waals surface area contributed by atoms with Gasteiger partial charge in [-0.25, -0.2) is 15.0 Å². The maximum Gasteiger partial charge on any atom is 0.149 e. The predicted octanol–water partition coefficient (Wildman–Crippen LogP) is 4.79. The van der Waals surface area contributed by atoms with Crippen LogP contribution in [0.2, 0.25) is 0 Å². The van der Waals surface area contributed by atoms with Gasteiger partial charge in [-0.2, -0.15) is 0 Å². The lowest BCUT2D eigenvalue weighted by atomic mass is 9.93. The molecule has 0 amide bonds. The summed E-state index contributed by atoms with van der Waals surface area (Å²) >= 11 is 0. The highest BCUT2D eigenvalue weighted by Gasteiger charge is 2.24. The first-order valence-electron chi connectivity index (χ1n) is 11.9. The van der Waals surface area contributed by atoms with E-state index in [0.29, 0.717) is 25.2 Å². The van der Waals surface area contributed by atoms with Crippen LogP contribution in [0, 0.1) is 0 Å². The van der Waals surface area contributed by atoms with Crippen LogP contribution < -0.4 is 15.4 Å². The fourth-order valence-corrected chi connectivity index (χ4v) is 4.13. The first-order valence-corrected chi connectivity index (χ1v) is 11.9. The van der Waals surface area contributed by atoms with Crippen LogP contribution in [0.4, 0.5) is 11.5 Å². The quantitative estimate of drug-likeness (QED) is 0.426. The zero-order chi connectivity index (χ0) is 23.0. The maximum absolute atomic E-state index is 6.46. The molecule has 1 saturated carbocycles. The van der Waals surface area contributed by atoms with Gasteiger partial charge in [-0.05, 0) is 44.6 Å². The smallest absolute Gasteiger partial charge is 0.149 e. The van der Waals surface area contributed by atoms with Gasteiger partial charge in [0.2, 0.25) is 0 Å². The predicted molar refractivity (Wildman–Crippen MR) is 131 cm³/mol. The molecule has 2 N–H and O–H groups in total. The molecule has 33 heavy (non-hydrogen) atoms. The van der Waals surface area contributed by atoms with E-state index < -0.39 is 0 Å². The number of nitrogens with zero attached hydrogens (tertiary/aromatic N) is 4. The lowest BCUT2D eigenvalue weighted by Crippen LogP contribution is -2.31. The van der Waals surface area contributed by atoms with Crippen LogP contribution in [0.25, 0.3) is 11.0 Å². The Labute approximate surface area is 195 Å². The van der Waals surface area contributed by atoms with E-state index >= 15 is 0 Å². The number of rotatable bonds is 10. The molecule has 0 unspecified atom stereocenters. The zero-order valence-electron chi connectivity index (χ0n) is 19.8. The number of anilines is 2. The summed E-state index contributed by atoms with van der Waals surface area (Å²) in [4.78, 5) is 17.8. The number of fused-ring (bicyclic) bond motifs is 1. The topological polar surface area (TPSA) is 94.1 Å². The molecule has 2 heterocycles. The van der Waals surface area contributed by atoms with Crippen molar-refractivity contribution in [1.29, 1.82) is 0 Å². The van der Waals surface area contributed by atoms with Gasteiger partial charge >= 0.3 is 0 Å². The number of aromatic nitrogens is 4. The molecule has 1 aromatic carbocycles. The molecule has 8 nitrogen and oxygen atoms in total. The van der Waals surface area contributed by atoms with Crippen LogP contribution in [-0.2, 0) is 4.74 Å². The highest BCUT2D eigenvalue weighted by molar-refractivity contribution is 5.84. The van der Waals surface area contributed by atoms with Crippen molar-refractivity contribution < 1.29 is 9.47 Å². The number of ether oxygens (including phenoxy) is 2. The van der Waals surface area contributed by atoms with Gasteiger partial charge in [-0.15, -0.1) is 0 Å². The van der Waals surface area contributed by atoms with Crippen LogP contribution >= 0.6 is 0 Å². The standard InChI is InChI=1S/C25H34N6O2/c1-4-32-12-11-26-19-13-22-25(28-10-9-27-22)23(14-19)33-20-7-5-18(6-8-20)31-24-15-21(17(2)3)29-16-30-24/h9-10,13-18,20,26H,4-8,11-12H2,1-3H3,(H,29,30,31). The Morgan fingerprint density at radius 3 is 2.61 bits per heavy atom. The highest BCUT2D eigenvalue weighted by atomic mass is 16.5. The Morgan fingerprint density at radius 2 is 1.82 bits per heavy atom. The molecule has 4 rings (SSSR count). The molecule has 3 aromatic rings. The van der Waals surface area contributed by atoms with Crippen molar-refractivity contribution in [2.24, 2.45) is 0 Å². The fraction of sp³-hybridized carbons (Fsp3) is 0.520. The van der Waals surface area contributed by atoms with Crippen LogP contribution in [0.3, 0.4) is 0 Å². The van der Waals surface area contributed by atoms with Crippen molar-refractivity contribution in [2.45, 2.75) is 64.5 Å². The first-order chi connectivity index (χ1) is 16.1. The van der Waals surface area contributed by atoms with Crippen molar-refractivity contribution in [1.82, 2.24) is 19.9 Å². The number of benzene rings is 1. The highest BCUT2D eigenvalue weighted by Crippen LogP contribution is 2.31. The average molecular weight is 451 g/mol. The van der Waals surface area contributed by atoms with E-state index in [1.54, 1.807) is 18.7 Å². The Hall–Kier alpha value is -3.00. The summed E-state index contributed by atoms with van der Waals surface area (Å²) in [6.07, 6.45) is 9.24. The molecule has 176 valence electrons. The molecule has 0 aliphatic heterocycles. The van der Waals surface area contributed by atoms with E-state index in [1.807, 2.05) is 19.1 Å². The van der Waals surface area contributed by atoms with Gasteiger partial charge in [0.25, 0.3) is 0 Å². The monoisotopic (exact) mass is 450 g/mol. The number of nitrogens with one attached hydrogen (secondary N) is 2. The minimum absolute atomic E-state index is 0.156. The summed E-state index contributed by atoms with van der Waals surface area (Å²) in [6, 6.07) is 6.49. The number of hydrogen-bond donors (Lipinski definition) is 2. The second-order valence-electron chi connectivity index (χ2n) is 8.74. The second-order valence-corrected chi connectivity index (χ2v) is 8.74. The summed E-state index contributed by atoms with van der Waals surface area (Å²) in [5, 5.41) is 6.98. The largest absolute Gasteiger partial charge is 0.488 e. The molecule has 0 radical (unpaired) electrons. The Kier molecular flexibility index (Phi) is 7.88. The van der Waals surface area contributed by atoms with E-state index in [4.69, 9.17) is 9.47 Å². The summed E-state index contributed by atoms with van der Waals surface area (Å²) in [7, 11) is 0. The minimum Gasteiger partial charge on any atom is -0.488 e. The lowest BCUT2D eigenvalue weighted by Gasteiger charge is -2.30. The molecule has 1 aliphatic carbocycles. The Balaban J connectivity index is 1.37. The third-order valence-electron chi connectivity index (χ3n) is 5.92. The Morgan fingerprint density at radius 1 is 1.00 bits per heavy atom. The van der Waals surface area contributed by atoms with Gasteiger partial charge in [0.15, 0.2) is 0 Å². The van der Waals surface area contributed by atoms with Gasteiger partial charge < -0.3 is 20.1 Å². The molecular weight excluding hydrogens is 416 g/mol. The normalized spacial score (nSPS) is 18.4. The first kappa shape index (κ1) is 23.2. The summed E-state index contributed by atoms with van der Waals surface area (Å²) in [5.74, 6) is 2.08. The van der Waals surface area contributed by atoms with Gasteiger partial charge in [0.1, 0.15) is 23.4 Å². The molecule has 0 bridgehead atoms. The lowest BCUT2D eigenvalue weighted by molar-refractivity contribution is 0.151. The van der Waals surface area contributed by atoms with Crippen molar-refractivity contribution in [3.63, 3.8) is 0 Å². The van der Waals surface area contributed by atoms with Crippen molar-refractivity contribution in [3.8, 4) is 5.75 Å². The zero-order valence-corrected chi connectivity index (χ0v) is 19.8. The van der Waals surface area contributed by atoms with Gasteiger partial charge in [-0.1, -0.05) is 13.8 Å². The molecule has 1 fully saturated rings. The van der Waals surface area contributed by atoms with Crippen LogP contribution in [-0.4, -0.2) is 51.8 Å². The van der Waals surface area contributed by atoms with Crippen LogP contribution in [0.5, 0.6) is 5.75 Å². The molecule has 2 aromatic heterocycles. The summed E-state index contributed by atoms with van der Waals surface area (Å²) in [5.41, 5.74) is 3.66. The van der Waals surface area contributed by atoms with E-state index in [9.17, 15) is 0 Å². The van der Waals surface area contributed by atoms with Gasteiger partial charge in [0, 0.05) is 55.1 Å². The third-order valence-corrected chi connectivity index (χ3v) is 5.92. The summed E-state index contributed by atoms with van der Waals surface area (Å²) < 4.78 is 11.9. The van der Waals surface area contributed by atoms with Gasteiger partial charge in [-0.3, -0.25) is 4.98 Å². The SMILES string of the molecule is CCOCCNc1cc(OC2CCC(Nc3cc(C(C)C)ncn3)CC2)c2nccnc2c1. The van der Waals surface area contributed by atoms with E-state index in [1.165, 1.54) is 0 Å². The molecular formula is C25H34N6O2. The molecule has 1 aliphatic rings. The van der Waals surface area contributed by atoms with E-state index in [-0.39, 0.29) is 6.10 Å². The maximum atomic E-state index is 6.46. The molecule has 0 atom stereocenters. The molecule has 0 saturated heterocycles. The summed E-state index contributed by atoms with van der Waals surface area (Å²) in [6.45, 7) is 8.40. The van der Waals surface area contributed by atoms with Crippen LogP contribution in [0.15, 0.2) is 36.9 Å². The second kappa shape index (κ2) is 11.2. The van der Waals surface area contributed by atoms with Crippen LogP contribution in [0.1, 0.15) is 58.1 Å². The molecule has 8 heteroatoms. The fourth-order valence-electron chi connectivity index (χ4n) is 4.13. The van der Waals surface area contributed by atoms with Crippen molar-refractivity contribution >= 4 is 22.5 Å². The average Bonchev–Trinajstić information content (AvgIpc) is 2.83. The molecule has 0 spiro atoms. The van der Waals surface area contributed by atoms with Crippen molar-refractivity contribution in [2.75, 3.05) is 30.4 Å². The Bertz CT molecular complexity index is 1040.